The van der Waals surface area contributed by atoms with E-state index in [0.717, 1.165) is 44.7 Å². The summed E-state index contributed by atoms with van der Waals surface area (Å²) in [6, 6.07) is 7.69. The number of carbonyl (C=O) groups is 3. The number of unbranched alkanes of at least 4 members (excludes halogenated alkanes) is 4. The molecular formula is C24H37N3O4. The molecule has 1 aromatic carbocycles. The molecule has 2 amide bonds. The van der Waals surface area contributed by atoms with E-state index in [4.69, 9.17) is 4.74 Å². The molecule has 0 saturated carbocycles. The number of benzene rings is 1. The summed E-state index contributed by atoms with van der Waals surface area (Å²) in [5.74, 6) is -0.290. The van der Waals surface area contributed by atoms with Crippen LogP contribution in [0.25, 0.3) is 0 Å². The minimum absolute atomic E-state index is 0.0828. The van der Waals surface area contributed by atoms with Crippen molar-refractivity contribution >= 4 is 29.2 Å². The Balaban J connectivity index is 1.71. The fraction of sp³-hybridized carbons (Fsp3) is 0.625. The summed E-state index contributed by atoms with van der Waals surface area (Å²) in [4.78, 5) is 39.9. The van der Waals surface area contributed by atoms with E-state index >= 15 is 0 Å². The van der Waals surface area contributed by atoms with Crippen molar-refractivity contribution in [1.29, 1.82) is 0 Å². The van der Waals surface area contributed by atoms with Crippen LogP contribution in [0.1, 0.15) is 65.2 Å². The second-order valence-electron chi connectivity index (χ2n) is 7.93. The zero-order valence-electron chi connectivity index (χ0n) is 19.0. The van der Waals surface area contributed by atoms with E-state index in [1.54, 1.807) is 6.92 Å². The van der Waals surface area contributed by atoms with Crippen LogP contribution in [0.15, 0.2) is 24.3 Å². The van der Waals surface area contributed by atoms with Crippen molar-refractivity contribution in [3.05, 3.63) is 24.3 Å². The van der Waals surface area contributed by atoms with Gasteiger partial charge in [0, 0.05) is 50.4 Å². The van der Waals surface area contributed by atoms with Gasteiger partial charge in [0.15, 0.2) is 0 Å². The Bertz CT molecular complexity index is 697. The number of amides is 2. The summed E-state index contributed by atoms with van der Waals surface area (Å²) in [5, 5.41) is 2.81. The molecule has 1 aliphatic rings. The van der Waals surface area contributed by atoms with Crippen molar-refractivity contribution in [3.8, 4) is 0 Å². The first-order valence-electron chi connectivity index (χ1n) is 11.6. The number of anilines is 2. The number of nitrogens with zero attached hydrogens (tertiary/aromatic N) is 2. The minimum atomic E-state index is -0.359. The topological polar surface area (TPSA) is 79.0 Å². The Morgan fingerprint density at radius 3 is 2.19 bits per heavy atom. The van der Waals surface area contributed by atoms with Crippen molar-refractivity contribution in [1.82, 2.24) is 4.90 Å². The molecular weight excluding hydrogens is 394 g/mol. The highest BCUT2D eigenvalue weighted by atomic mass is 16.5. The quantitative estimate of drug-likeness (QED) is 0.400. The molecule has 7 nitrogen and oxygen atoms in total. The SMILES string of the molecule is CCCCCCCC(=O)N1CCN(c2ccc(NC(=O)CCC(=O)OCC)cc2)CC1. The zero-order valence-corrected chi connectivity index (χ0v) is 19.0. The van der Waals surface area contributed by atoms with Crippen molar-refractivity contribution in [2.24, 2.45) is 0 Å². The number of nitrogens with one attached hydrogen (secondary N) is 1. The number of hydrogen-bond acceptors (Lipinski definition) is 5. The molecule has 31 heavy (non-hydrogen) atoms. The minimum Gasteiger partial charge on any atom is -0.466 e. The smallest absolute Gasteiger partial charge is 0.306 e. The van der Waals surface area contributed by atoms with Gasteiger partial charge in [0.05, 0.1) is 13.0 Å². The molecule has 0 atom stereocenters. The fourth-order valence-electron chi connectivity index (χ4n) is 3.68. The predicted octanol–water partition coefficient (Wildman–Crippen LogP) is 3.98. The van der Waals surface area contributed by atoms with E-state index in [1.807, 2.05) is 29.2 Å². The molecule has 2 rings (SSSR count). The number of hydrogen-bond donors (Lipinski definition) is 1. The first-order valence-corrected chi connectivity index (χ1v) is 11.6. The van der Waals surface area contributed by atoms with Crippen LogP contribution in [0, 0.1) is 0 Å². The molecule has 1 fully saturated rings. The van der Waals surface area contributed by atoms with Crippen LogP contribution >= 0.6 is 0 Å². The molecule has 172 valence electrons. The Labute approximate surface area is 186 Å². The van der Waals surface area contributed by atoms with Crippen molar-refractivity contribution in [2.75, 3.05) is 43.0 Å². The van der Waals surface area contributed by atoms with Gasteiger partial charge in [-0.3, -0.25) is 14.4 Å². The molecule has 1 aromatic rings. The molecule has 0 radical (unpaired) electrons. The Morgan fingerprint density at radius 1 is 0.871 bits per heavy atom. The molecule has 0 aliphatic carbocycles. The van der Waals surface area contributed by atoms with Crippen molar-refractivity contribution in [3.63, 3.8) is 0 Å². The van der Waals surface area contributed by atoms with Gasteiger partial charge in [-0.2, -0.15) is 0 Å². The number of ether oxygens (including phenoxy) is 1. The maximum Gasteiger partial charge on any atom is 0.306 e. The largest absolute Gasteiger partial charge is 0.466 e. The monoisotopic (exact) mass is 431 g/mol. The molecule has 1 saturated heterocycles. The van der Waals surface area contributed by atoms with E-state index < -0.39 is 0 Å². The summed E-state index contributed by atoms with van der Waals surface area (Å²) >= 11 is 0. The van der Waals surface area contributed by atoms with Crippen molar-refractivity contribution in [2.45, 2.75) is 65.2 Å². The standard InChI is InChI=1S/C24H37N3O4/c1-3-5-6-7-8-9-23(29)27-18-16-26(17-19-27)21-12-10-20(11-13-21)25-22(28)14-15-24(30)31-4-2/h10-13H,3-9,14-19H2,1-2H3,(H,25,28). The molecule has 0 aromatic heterocycles. The van der Waals surface area contributed by atoms with Gasteiger partial charge >= 0.3 is 5.97 Å². The van der Waals surface area contributed by atoms with E-state index in [2.05, 4.69) is 17.1 Å². The lowest BCUT2D eigenvalue weighted by Gasteiger charge is -2.36. The molecule has 1 heterocycles. The number of esters is 1. The predicted molar refractivity (Wildman–Crippen MR) is 123 cm³/mol. The lowest BCUT2D eigenvalue weighted by Crippen LogP contribution is -2.48. The summed E-state index contributed by atoms with van der Waals surface area (Å²) in [7, 11) is 0. The molecule has 1 aliphatic heterocycles. The van der Waals surface area contributed by atoms with Crippen LogP contribution in [0.2, 0.25) is 0 Å². The second kappa shape index (κ2) is 13.7. The van der Waals surface area contributed by atoms with Gasteiger partial charge in [0.25, 0.3) is 0 Å². The Morgan fingerprint density at radius 2 is 1.55 bits per heavy atom. The van der Waals surface area contributed by atoms with Gasteiger partial charge in [0.1, 0.15) is 0 Å². The zero-order chi connectivity index (χ0) is 22.5. The van der Waals surface area contributed by atoms with Gasteiger partial charge in [-0.1, -0.05) is 32.6 Å². The first-order chi connectivity index (χ1) is 15.0. The van der Waals surface area contributed by atoms with Gasteiger partial charge < -0.3 is 19.9 Å². The number of piperazine rings is 1. The van der Waals surface area contributed by atoms with E-state index in [9.17, 15) is 14.4 Å². The van der Waals surface area contributed by atoms with E-state index in [-0.39, 0.29) is 30.6 Å². The first kappa shape index (κ1) is 24.7. The summed E-state index contributed by atoms with van der Waals surface area (Å²) in [6.45, 7) is 7.39. The van der Waals surface area contributed by atoms with Gasteiger partial charge in [0.2, 0.25) is 11.8 Å². The molecule has 7 heteroatoms. The molecule has 0 bridgehead atoms. The maximum atomic E-state index is 12.4. The highest BCUT2D eigenvalue weighted by Crippen LogP contribution is 2.20. The number of rotatable bonds is 12. The third kappa shape index (κ3) is 8.99. The van der Waals surface area contributed by atoms with Crippen LogP contribution in [0.3, 0.4) is 0 Å². The van der Waals surface area contributed by atoms with Crippen molar-refractivity contribution < 1.29 is 19.1 Å². The highest BCUT2D eigenvalue weighted by molar-refractivity contribution is 5.92. The van der Waals surface area contributed by atoms with E-state index in [0.29, 0.717) is 18.7 Å². The van der Waals surface area contributed by atoms with Crippen LogP contribution < -0.4 is 10.2 Å². The third-order valence-electron chi connectivity index (χ3n) is 5.50. The Kier molecular flexibility index (Phi) is 10.9. The highest BCUT2D eigenvalue weighted by Gasteiger charge is 2.21. The normalized spacial score (nSPS) is 13.7. The third-order valence-corrected chi connectivity index (χ3v) is 5.50. The second-order valence-corrected chi connectivity index (χ2v) is 7.93. The summed E-state index contributed by atoms with van der Waals surface area (Å²) in [5.41, 5.74) is 1.78. The molecule has 1 N–H and O–H groups in total. The summed E-state index contributed by atoms with van der Waals surface area (Å²) in [6.07, 6.45) is 6.68. The lowest BCUT2D eigenvalue weighted by molar-refractivity contribution is -0.144. The maximum absolute atomic E-state index is 12.4. The Hall–Kier alpha value is -2.57. The van der Waals surface area contributed by atoms with Gasteiger partial charge in [-0.15, -0.1) is 0 Å². The average molecular weight is 432 g/mol. The average Bonchev–Trinajstić information content (AvgIpc) is 2.78. The summed E-state index contributed by atoms with van der Waals surface area (Å²) < 4.78 is 4.83. The number of carbonyl (C=O) groups excluding carboxylic acids is 3. The van der Waals surface area contributed by atoms with E-state index in [1.165, 1.54) is 19.3 Å². The van der Waals surface area contributed by atoms with Crippen LogP contribution in [0.5, 0.6) is 0 Å². The van der Waals surface area contributed by atoms with Gasteiger partial charge in [-0.25, -0.2) is 0 Å². The molecule has 0 spiro atoms. The lowest BCUT2D eigenvalue weighted by atomic mass is 10.1. The fourth-order valence-corrected chi connectivity index (χ4v) is 3.68. The van der Waals surface area contributed by atoms with Crippen LogP contribution in [0.4, 0.5) is 11.4 Å². The van der Waals surface area contributed by atoms with Crippen LogP contribution in [-0.2, 0) is 19.1 Å². The van der Waals surface area contributed by atoms with Gasteiger partial charge in [-0.05, 0) is 37.6 Å². The molecule has 0 unspecified atom stereocenters. The van der Waals surface area contributed by atoms with Crippen LogP contribution in [-0.4, -0.2) is 55.5 Å².